The topological polar surface area (TPSA) is 46.3 Å². The fourth-order valence-electron chi connectivity index (χ4n) is 1.49. The lowest BCUT2D eigenvalue weighted by Gasteiger charge is -2.30. The first-order chi connectivity index (χ1) is 6.50. The average Bonchev–Trinajstić information content (AvgIpc) is 2.03. The first-order valence-corrected chi connectivity index (χ1v) is 6.25. The Balaban J connectivity index is 4.03. The standard InChI is InChI=1S/C10H22N2OS/c1-8(2)12(9(3)4)10(13)7-14-6-5-11/h8-9H,5-7,11H2,1-4H3. The summed E-state index contributed by atoms with van der Waals surface area (Å²) in [5, 5.41) is 0. The summed E-state index contributed by atoms with van der Waals surface area (Å²) >= 11 is 1.61. The lowest BCUT2D eigenvalue weighted by molar-refractivity contribution is -0.131. The number of nitrogens with two attached hydrogens (primary N) is 1. The van der Waals surface area contributed by atoms with Crippen molar-refractivity contribution in [2.45, 2.75) is 39.8 Å². The smallest absolute Gasteiger partial charge is 0.233 e. The minimum Gasteiger partial charge on any atom is -0.337 e. The van der Waals surface area contributed by atoms with Gasteiger partial charge in [0.25, 0.3) is 0 Å². The second-order valence-electron chi connectivity index (χ2n) is 3.83. The van der Waals surface area contributed by atoms with Crippen LogP contribution in [0.25, 0.3) is 0 Å². The minimum atomic E-state index is 0.216. The van der Waals surface area contributed by atoms with E-state index in [2.05, 4.69) is 0 Å². The molecule has 0 aromatic heterocycles. The molecule has 84 valence electrons. The maximum Gasteiger partial charge on any atom is 0.233 e. The van der Waals surface area contributed by atoms with Crippen LogP contribution in [0.5, 0.6) is 0 Å². The van der Waals surface area contributed by atoms with Gasteiger partial charge in [0.15, 0.2) is 0 Å². The van der Waals surface area contributed by atoms with E-state index in [0.717, 1.165) is 5.75 Å². The van der Waals surface area contributed by atoms with Gasteiger partial charge in [-0.3, -0.25) is 4.79 Å². The van der Waals surface area contributed by atoms with E-state index in [4.69, 9.17) is 5.73 Å². The third-order valence-corrected chi connectivity index (χ3v) is 2.86. The molecule has 0 aromatic rings. The molecule has 0 atom stereocenters. The van der Waals surface area contributed by atoms with Crippen LogP contribution in [0.3, 0.4) is 0 Å². The minimum absolute atomic E-state index is 0.216. The summed E-state index contributed by atoms with van der Waals surface area (Å²) in [5.41, 5.74) is 5.36. The molecule has 14 heavy (non-hydrogen) atoms. The third-order valence-electron chi connectivity index (χ3n) is 1.89. The maximum atomic E-state index is 11.8. The van der Waals surface area contributed by atoms with Crippen LogP contribution in [-0.2, 0) is 4.79 Å². The van der Waals surface area contributed by atoms with Crippen molar-refractivity contribution in [3.63, 3.8) is 0 Å². The monoisotopic (exact) mass is 218 g/mol. The Morgan fingerprint density at radius 1 is 1.29 bits per heavy atom. The Bertz CT molecular complexity index is 164. The molecule has 0 spiro atoms. The number of amides is 1. The Labute approximate surface area is 91.4 Å². The van der Waals surface area contributed by atoms with Gasteiger partial charge in [0.1, 0.15) is 0 Å². The molecule has 0 aromatic carbocycles. The molecule has 0 bridgehead atoms. The predicted octanol–water partition coefficient (Wildman–Crippen LogP) is 1.32. The first-order valence-electron chi connectivity index (χ1n) is 5.09. The van der Waals surface area contributed by atoms with E-state index < -0.39 is 0 Å². The largest absolute Gasteiger partial charge is 0.337 e. The molecule has 4 heteroatoms. The number of nitrogens with zero attached hydrogens (tertiary/aromatic N) is 1. The SMILES string of the molecule is CC(C)N(C(=O)CSCCN)C(C)C. The van der Waals surface area contributed by atoms with Crippen molar-refractivity contribution in [2.75, 3.05) is 18.1 Å². The van der Waals surface area contributed by atoms with Crippen LogP contribution in [0.2, 0.25) is 0 Å². The van der Waals surface area contributed by atoms with Gasteiger partial charge >= 0.3 is 0 Å². The Hall–Kier alpha value is -0.220. The number of thioether (sulfide) groups is 1. The molecule has 0 aliphatic carbocycles. The van der Waals surface area contributed by atoms with E-state index in [0.29, 0.717) is 12.3 Å². The summed E-state index contributed by atoms with van der Waals surface area (Å²) in [6, 6.07) is 0.557. The van der Waals surface area contributed by atoms with Crippen molar-refractivity contribution in [3.05, 3.63) is 0 Å². The Morgan fingerprint density at radius 2 is 1.79 bits per heavy atom. The average molecular weight is 218 g/mol. The molecule has 0 radical (unpaired) electrons. The van der Waals surface area contributed by atoms with E-state index in [1.165, 1.54) is 0 Å². The van der Waals surface area contributed by atoms with Crippen molar-refractivity contribution in [1.82, 2.24) is 4.90 Å². The second-order valence-corrected chi connectivity index (χ2v) is 4.93. The summed E-state index contributed by atoms with van der Waals surface area (Å²) in [4.78, 5) is 13.7. The van der Waals surface area contributed by atoms with Gasteiger partial charge in [-0.25, -0.2) is 0 Å². The van der Waals surface area contributed by atoms with Gasteiger partial charge in [-0.15, -0.1) is 0 Å². The Morgan fingerprint density at radius 3 is 2.14 bits per heavy atom. The number of carbonyl (C=O) groups is 1. The van der Waals surface area contributed by atoms with Crippen LogP contribution >= 0.6 is 11.8 Å². The van der Waals surface area contributed by atoms with Gasteiger partial charge in [0.05, 0.1) is 5.75 Å². The van der Waals surface area contributed by atoms with E-state index in [9.17, 15) is 4.79 Å². The summed E-state index contributed by atoms with van der Waals surface area (Å²) < 4.78 is 0. The van der Waals surface area contributed by atoms with Gasteiger partial charge in [0, 0.05) is 24.4 Å². The molecule has 3 nitrogen and oxygen atoms in total. The van der Waals surface area contributed by atoms with Crippen molar-refractivity contribution >= 4 is 17.7 Å². The number of hydrogen-bond acceptors (Lipinski definition) is 3. The highest BCUT2D eigenvalue weighted by Crippen LogP contribution is 2.09. The summed E-state index contributed by atoms with van der Waals surface area (Å²) in [6.07, 6.45) is 0. The molecule has 0 aliphatic heterocycles. The van der Waals surface area contributed by atoms with Crippen molar-refractivity contribution < 1.29 is 4.79 Å². The van der Waals surface area contributed by atoms with E-state index >= 15 is 0 Å². The molecule has 1 amide bonds. The van der Waals surface area contributed by atoms with Gasteiger partial charge < -0.3 is 10.6 Å². The summed E-state index contributed by atoms with van der Waals surface area (Å²) in [7, 11) is 0. The maximum absolute atomic E-state index is 11.8. The molecular formula is C10H22N2OS. The van der Waals surface area contributed by atoms with Crippen LogP contribution in [-0.4, -0.2) is 40.9 Å². The van der Waals surface area contributed by atoms with E-state index in [1.807, 2.05) is 32.6 Å². The number of rotatable bonds is 6. The molecule has 0 fully saturated rings. The lowest BCUT2D eigenvalue weighted by Crippen LogP contribution is -2.43. The van der Waals surface area contributed by atoms with Crippen LogP contribution in [0.15, 0.2) is 0 Å². The predicted molar refractivity (Wildman–Crippen MR) is 63.5 cm³/mol. The van der Waals surface area contributed by atoms with Crippen LogP contribution in [0.4, 0.5) is 0 Å². The van der Waals surface area contributed by atoms with Crippen molar-refractivity contribution in [3.8, 4) is 0 Å². The fourth-order valence-corrected chi connectivity index (χ4v) is 2.12. The van der Waals surface area contributed by atoms with Crippen molar-refractivity contribution in [1.29, 1.82) is 0 Å². The number of carbonyl (C=O) groups excluding carboxylic acids is 1. The molecule has 0 heterocycles. The normalized spacial score (nSPS) is 11.1. The van der Waals surface area contributed by atoms with Gasteiger partial charge in [-0.05, 0) is 27.7 Å². The molecule has 0 unspecified atom stereocenters. The molecule has 0 saturated heterocycles. The fraction of sp³-hybridized carbons (Fsp3) is 0.900. The quantitative estimate of drug-likeness (QED) is 0.684. The summed E-state index contributed by atoms with van der Waals surface area (Å²) in [6.45, 7) is 8.83. The molecule has 2 N–H and O–H groups in total. The van der Waals surface area contributed by atoms with Gasteiger partial charge in [0.2, 0.25) is 5.91 Å². The Kier molecular flexibility index (Phi) is 7.01. The number of hydrogen-bond donors (Lipinski definition) is 1. The van der Waals surface area contributed by atoms with Gasteiger partial charge in [-0.2, -0.15) is 11.8 Å². The van der Waals surface area contributed by atoms with Crippen molar-refractivity contribution in [2.24, 2.45) is 5.73 Å². The molecular weight excluding hydrogens is 196 g/mol. The first kappa shape index (κ1) is 13.8. The van der Waals surface area contributed by atoms with Crippen LogP contribution in [0, 0.1) is 0 Å². The highest BCUT2D eigenvalue weighted by Gasteiger charge is 2.19. The van der Waals surface area contributed by atoms with Crippen LogP contribution in [0.1, 0.15) is 27.7 Å². The lowest BCUT2D eigenvalue weighted by atomic mass is 10.2. The summed E-state index contributed by atoms with van der Waals surface area (Å²) in [5.74, 6) is 1.62. The third kappa shape index (κ3) is 4.86. The van der Waals surface area contributed by atoms with Gasteiger partial charge in [-0.1, -0.05) is 0 Å². The second kappa shape index (κ2) is 7.12. The zero-order chi connectivity index (χ0) is 11.1. The molecule has 0 rings (SSSR count). The van der Waals surface area contributed by atoms with Crippen LogP contribution < -0.4 is 5.73 Å². The zero-order valence-electron chi connectivity index (χ0n) is 9.62. The zero-order valence-corrected chi connectivity index (χ0v) is 10.4. The highest BCUT2D eigenvalue weighted by atomic mass is 32.2. The molecule has 0 aliphatic rings. The molecule has 0 saturated carbocycles. The van der Waals surface area contributed by atoms with E-state index in [1.54, 1.807) is 11.8 Å². The van der Waals surface area contributed by atoms with E-state index in [-0.39, 0.29) is 18.0 Å². The highest BCUT2D eigenvalue weighted by molar-refractivity contribution is 7.99.